The number of aliphatic hydroxyl groups excluding tert-OH is 1. The average Bonchev–Trinajstić information content (AvgIpc) is 2.66. The molecular weight excluding hydrogens is 218 g/mol. The summed E-state index contributed by atoms with van der Waals surface area (Å²) in [5.41, 5.74) is 1.42. The molecule has 0 aliphatic carbocycles. The van der Waals surface area contributed by atoms with E-state index in [2.05, 4.69) is 10.4 Å². The summed E-state index contributed by atoms with van der Waals surface area (Å²) in [6.07, 6.45) is 0.800. The standard InChI is InChI=1S/C12H21N3O2/c1-5-9-6-11(15(4)14-9)12(17)13-10(7-16)8(2)3/h6,8,10,16H,5,7H2,1-4H3,(H,13,17)/t10-/m1/s1. The predicted molar refractivity (Wildman–Crippen MR) is 65.8 cm³/mol. The first kappa shape index (κ1) is 13.7. The molecule has 5 heteroatoms. The van der Waals surface area contributed by atoms with Crippen LogP contribution < -0.4 is 5.32 Å². The van der Waals surface area contributed by atoms with Gasteiger partial charge in [-0.1, -0.05) is 20.8 Å². The molecular formula is C12H21N3O2. The van der Waals surface area contributed by atoms with Crippen molar-refractivity contribution in [3.63, 3.8) is 0 Å². The number of carbonyl (C=O) groups is 1. The maximum Gasteiger partial charge on any atom is 0.269 e. The van der Waals surface area contributed by atoms with Crippen molar-refractivity contribution in [2.75, 3.05) is 6.61 Å². The Morgan fingerprint density at radius 1 is 1.59 bits per heavy atom. The Labute approximate surface area is 102 Å². The van der Waals surface area contributed by atoms with Gasteiger partial charge in [0, 0.05) is 7.05 Å². The SMILES string of the molecule is CCc1cc(C(=O)N[C@H](CO)C(C)C)n(C)n1. The van der Waals surface area contributed by atoms with Gasteiger partial charge in [-0.3, -0.25) is 9.48 Å². The molecule has 17 heavy (non-hydrogen) atoms. The van der Waals surface area contributed by atoms with Gasteiger partial charge in [0.2, 0.25) is 0 Å². The number of nitrogens with one attached hydrogen (secondary N) is 1. The van der Waals surface area contributed by atoms with Crippen LogP contribution in [-0.4, -0.2) is 33.4 Å². The van der Waals surface area contributed by atoms with Crippen molar-refractivity contribution >= 4 is 5.91 Å². The van der Waals surface area contributed by atoms with Crippen molar-refractivity contribution < 1.29 is 9.90 Å². The van der Waals surface area contributed by atoms with Crippen LogP contribution in [0.5, 0.6) is 0 Å². The fourth-order valence-corrected chi connectivity index (χ4v) is 1.58. The van der Waals surface area contributed by atoms with Crippen molar-refractivity contribution in [3.05, 3.63) is 17.5 Å². The molecule has 1 aromatic rings. The molecule has 96 valence electrons. The Kier molecular flexibility index (Phi) is 4.69. The summed E-state index contributed by atoms with van der Waals surface area (Å²) in [6, 6.07) is 1.56. The molecule has 1 atom stereocenters. The lowest BCUT2D eigenvalue weighted by molar-refractivity contribution is 0.0887. The van der Waals surface area contributed by atoms with Crippen molar-refractivity contribution in [2.45, 2.75) is 33.2 Å². The normalized spacial score (nSPS) is 12.8. The number of hydrogen-bond acceptors (Lipinski definition) is 3. The second-order valence-corrected chi connectivity index (χ2v) is 4.50. The van der Waals surface area contributed by atoms with Gasteiger partial charge in [0.05, 0.1) is 18.3 Å². The van der Waals surface area contributed by atoms with Gasteiger partial charge in [0.1, 0.15) is 5.69 Å². The Morgan fingerprint density at radius 2 is 2.24 bits per heavy atom. The summed E-state index contributed by atoms with van der Waals surface area (Å²) in [6.45, 7) is 5.86. The zero-order valence-corrected chi connectivity index (χ0v) is 10.9. The Hall–Kier alpha value is -1.36. The van der Waals surface area contributed by atoms with Crippen LogP contribution in [0.2, 0.25) is 0 Å². The molecule has 0 bridgehead atoms. The lowest BCUT2D eigenvalue weighted by Gasteiger charge is -2.19. The van der Waals surface area contributed by atoms with E-state index >= 15 is 0 Å². The predicted octanol–water partition coefficient (Wildman–Crippen LogP) is 0.729. The number of amides is 1. The van der Waals surface area contributed by atoms with Gasteiger partial charge in [0.25, 0.3) is 5.91 Å². The lowest BCUT2D eigenvalue weighted by Crippen LogP contribution is -2.41. The molecule has 0 aromatic carbocycles. The monoisotopic (exact) mass is 239 g/mol. The maximum atomic E-state index is 12.0. The van der Waals surface area contributed by atoms with Crippen LogP contribution >= 0.6 is 0 Å². The molecule has 5 nitrogen and oxygen atoms in total. The largest absolute Gasteiger partial charge is 0.394 e. The van der Waals surface area contributed by atoms with Gasteiger partial charge in [-0.05, 0) is 18.4 Å². The average molecular weight is 239 g/mol. The van der Waals surface area contributed by atoms with Gasteiger partial charge in [-0.15, -0.1) is 0 Å². The molecule has 0 aliphatic heterocycles. The minimum atomic E-state index is -0.220. The maximum absolute atomic E-state index is 12.0. The van der Waals surface area contributed by atoms with E-state index in [1.807, 2.05) is 20.8 Å². The van der Waals surface area contributed by atoms with E-state index in [1.54, 1.807) is 17.8 Å². The van der Waals surface area contributed by atoms with Crippen LogP contribution in [0.15, 0.2) is 6.07 Å². The number of aryl methyl sites for hydroxylation is 2. The summed E-state index contributed by atoms with van der Waals surface area (Å²) in [4.78, 5) is 12.0. The van der Waals surface area contributed by atoms with Crippen LogP contribution in [0.25, 0.3) is 0 Å². The molecule has 0 aliphatic rings. The summed E-state index contributed by atoms with van der Waals surface area (Å²) in [5.74, 6) is 0.00951. The Bertz CT molecular complexity index is 385. The van der Waals surface area contributed by atoms with Crippen molar-refractivity contribution in [1.82, 2.24) is 15.1 Å². The van der Waals surface area contributed by atoms with E-state index in [9.17, 15) is 9.90 Å². The molecule has 0 saturated carbocycles. The summed E-state index contributed by atoms with van der Waals surface area (Å²) >= 11 is 0. The highest BCUT2D eigenvalue weighted by atomic mass is 16.3. The molecule has 0 saturated heterocycles. The van der Waals surface area contributed by atoms with E-state index in [0.29, 0.717) is 5.69 Å². The van der Waals surface area contributed by atoms with Gasteiger partial charge in [0.15, 0.2) is 0 Å². The number of carbonyl (C=O) groups excluding carboxylic acids is 1. The van der Waals surface area contributed by atoms with Gasteiger partial charge < -0.3 is 10.4 Å². The molecule has 0 spiro atoms. The zero-order valence-electron chi connectivity index (χ0n) is 10.9. The fourth-order valence-electron chi connectivity index (χ4n) is 1.58. The first-order valence-electron chi connectivity index (χ1n) is 5.94. The molecule has 1 rings (SSSR count). The van der Waals surface area contributed by atoms with E-state index in [0.717, 1.165) is 12.1 Å². The number of nitrogens with zero attached hydrogens (tertiary/aromatic N) is 2. The molecule has 0 fully saturated rings. The van der Waals surface area contributed by atoms with Crippen molar-refractivity contribution in [1.29, 1.82) is 0 Å². The minimum absolute atomic E-state index is 0.0537. The van der Waals surface area contributed by atoms with E-state index < -0.39 is 0 Å². The fraction of sp³-hybridized carbons (Fsp3) is 0.667. The molecule has 1 aromatic heterocycles. The van der Waals surface area contributed by atoms with Gasteiger partial charge in [-0.2, -0.15) is 5.10 Å². The second-order valence-electron chi connectivity index (χ2n) is 4.50. The minimum Gasteiger partial charge on any atom is -0.394 e. The summed E-state index contributed by atoms with van der Waals surface area (Å²) < 4.78 is 1.57. The van der Waals surface area contributed by atoms with Crippen LogP contribution in [0.3, 0.4) is 0 Å². The highest BCUT2D eigenvalue weighted by Crippen LogP contribution is 2.06. The van der Waals surface area contributed by atoms with E-state index in [-0.39, 0.29) is 24.5 Å². The third kappa shape index (κ3) is 3.30. The Morgan fingerprint density at radius 3 is 2.65 bits per heavy atom. The smallest absolute Gasteiger partial charge is 0.269 e. The Balaban J connectivity index is 2.78. The summed E-state index contributed by atoms with van der Waals surface area (Å²) in [7, 11) is 1.75. The number of aliphatic hydroxyl groups is 1. The number of aromatic nitrogens is 2. The third-order valence-corrected chi connectivity index (χ3v) is 2.84. The molecule has 1 amide bonds. The second kappa shape index (κ2) is 5.82. The first-order chi connectivity index (χ1) is 7.99. The van der Waals surface area contributed by atoms with Gasteiger partial charge >= 0.3 is 0 Å². The van der Waals surface area contributed by atoms with Crippen LogP contribution in [0.1, 0.15) is 37.0 Å². The zero-order chi connectivity index (χ0) is 13.0. The van der Waals surface area contributed by atoms with Crippen molar-refractivity contribution in [3.8, 4) is 0 Å². The molecule has 0 radical (unpaired) electrons. The van der Waals surface area contributed by atoms with Gasteiger partial charge in [-0.25, -0.2) is 0 Å². The van der Waals surface area contributed by atoms with Crippen LogP contribution in [0.4, 0.5) is 0 Å². The third-order valence-electron chi connectivity index (χ3n) is 2.84. The quantitative estimate of drug-likeness (QED) is 0.796. The summed E-state index contributed by atoms with van der Waals surface area (Å²) in [5, 5.41) is 16.2. The molecule has 1 heterocycles. The van der Waals surface area contributed by atoms with E-state index in [1.165, 1.54) is 0 Å². The lowest BCUT2D eigenvalue weighted by atomic mass is 10.1. The van der Waals surface area contributed by atoms with Crippen molar-refractivity contribution in [2.24, 2.45) is 13.0 Å². The number of rotatable bonds is 5. The number of hydrogen-bond donors (Lipinski definition) is 2. The highest BCUT2D eigenvalue weighted by molar-refractivity contribution is 5.92. The topological polar surface area (TPSA) is 67.2 Å². The molecule has 0 unspecified atom stereocenters. The highest BCUT2D eigenvalue weighted by Gasteiger charge is 2.18. The van der Waals surface area contributed by atoms with Crippen LogP contribution in [0, 0.1) is 5.92 Å². The molecule has 2 N–H and O–H groups in total. The van der Waals surface area contributed by atoms with Crippen LogP contribution in [-0.2, 0) is 13.5 Å². The first-order valence-corrected chi connectivity index (χ1v) is 5.94. The van der Waals surface area contributed by atoms with E-state index in [4.69, 9.17) is 0 Å².